The Morgan fingerprint density at radius 3 is 2.69 bits per heavy atom. The van der Waals surface area contributed by atoms with Gasteiger partial charge < -0.3 is 24.3 Å². The number of benzene rings is 2. The predicted molar refractivity (Wildman–Crippen MR) is 138 cm³/mol. The molecule has 7 nitrogen and oxygen atoms in total. The Balaban J connectivity index is 1.23. The highest BCUT2D eigenvalue weighted by Gasteiger charge is 2.34. The van der Waals surface area contributed by atoms with Crippen LogP contribution < -0.4 is 10.1 Å². The number of carbonyl (C=O) groups is 1. The van der Waals surface area contributed by atoms with Crippen LogP contribution >= 0.6 is 0 Å². The van der Waals surface area contributed by atoms with Crippen LogP contribution in [0.1, 0.15) is 58.5 Å². The molecule has 1 amide bonds. The number of aliphatic hydroxyl groups is 1. The number of rotatable bonds is 7. The SMILES string of the molecule is COc1ccc(CN2CCC(O)(c3ccc4oc(C(=O)NCC5CCCO5)cc4c3)CC2)c(C)c1C. The first-order chi connectivity index (χ1) is 17.4. The van der Waals surface area contributed by atoms with E-state index in [0.717, 1.165) is 55.8 Å². The second kappa shape index (κ2) is 10.2. The molecule has 7 heteroatoms. The van der Waals surface area contributed by atoms with Gasteiger partial charge in [0.25, 0.3) is 5.91 Å². The van der Waals surface area contributed by atoms with Gasteiger partial charge in [-0.15, -0.1) is 0 Å². The maximum atomic E-state index is 12.6. The number of ether oxygens (including phenoxy) is 2. The Morgan fingerprint density at radius 1 is 1.17 bits per heavy atom. The van der Waals surface area contributed by atoms with Crippen molar-refractivity contribution in [1.82, 2.24) is 10.2 Å². The third-order valence-electron chi connectivity index (χ3n) is 7.94. The zero-order valence-electron chi connectivity index (χ0n) is 21.4. The van der Waals surface area contributed by atoms with E-state index in [4.69, 9.17) is 13.9 Å². The lowest BCUT2D eigenvalue weighted by Crippen LogP contribution is -2.42. The fourth-order valence-corrected chi connectivity index (χ4v) is 5.40. The summed E-state index contributed by atoms with van der Waals surface area (Å²) in [4.78, 5) is 15.0. The smallest absolute Gasteiger partial charge is 0.287 e. The molecule has 2 fully saturated rings. The number of nitrogens with one attached hydrogen (secondary N) is 1. The molecule has 2 saturated heterocycles. The lowest BCUT2D eigenvalue weighted by Gasteiger charge is -2.39. The number of furan rings is 1. The molecule has 0 spiro atoms. The summed E-state index contributed by atoms with van der Waals surface area (Å²) >= 11 is 0. The van der Waals surface area contributed by atoms with E-state index in [-0.39, 0.29) is 17.8 Å². The van der Waals surface area contributed by atoms with Gasteiger partial charge in [-0.1, -0.05) is 12.1 Å². The summed E-state index contributed by atoms with van der Waals surface area (Å²) in [7, 11) is 1.70. The van der Waals surface area contributed by atoms with Gasteiger partial charge in [0.2, 0.25) is 0 Å². The van der Waals surface area contributed by atoms with Crippen molar-refractivity contribution in [3.8, 4) is 5.75 Å². The maximum absolute atomic E-state index is 12.6. The van der Waals surface area contributed by atoms with Gasteiger partial charge in [-0.3, -0.25) is 9.69 Å². The van der Waals surface area contributed by atoms with E-state index in [9.17, 15) is 9.90 Å². The Morgan fingerprint density at radius 2 is 1.97 bits per heavy atom. The van der Waals surface area contributed by atoms with Gasteiger partial charge in [-0.25, -0.2) is 0 Å². The van der Waals surface area contributed by atoms with Crippen LogP contribution in [0.5, 0.6) is 5.75 Å². The molecule has 1 unspecified atom stereocenters. The number of amides is 1. The highest BCUT2D eigenvalue weighted by atomic mass is 16.5. The summed E-state index contributed by atoms with van der Waals surface area (Å²) in [5, 5.41) is 15.2. The van der Waals surface area contributed by atoms with E-state index in [1.165, 1.54) is 16.7 Å². The summed E-state index contributed by atoms with van der Waals surface area (Å²) < 4.78 is 16.8. The van der Waals surface area contributed by atoms with Gasteiger partial charge in [0, 0.05) is 38.2 Å². The number of piperidine rings is 1. The first-order valence-electron chi connectivity index (χ1n) is 12.9. The molecule has 36 heavy (non-hydrogen) atoms. The van der Waals surface area contributed by atoms with Crippen molar-refractivity contribution in [2.45, 2.75) is 57.8 Å². The largest absolute Gasteiger partial charge is 0.496 e. The lowest BCUT2D eigenvalue weighted by atomic mass is 9.84. The van der Waals surface area contributed by atoms with Gasteiger partial charge in [0.1, 0.15) is 11.3 Å². The first kappa shape index (κ1) is 24.8. The van der Waals surface area contributed by atoms with E-state index in [1.54, 1.807) is 13.2 Å². The van der Waals surface area contributed by atoms with Crippen molar-refractivity contribution in [1.29, 1.82) is 0 Å². The third-order valence-corrected chi connectivity index (χ3v) is 7.94. The van der Waals surface area contributed by atoms with Crippen LogP contribution in [-0.4, -0.2) is 55.4 Å². The van der Waals surface area contributed by atoms with Crippen LogP contribution in [0.4, 0.5) is 0 Å². The van der Waals surface area contributed by atoms with Gasteiger partial charge >= 0.3 is 0 Å². The fourth-order valence-electron chi connectivity index (χ4n) is 5.40. The third kappa shape index (κ3) is 5.01. The van der Waals surface area contributed by atoms with E-state index >= 15 is 0 Å². The minimum Gasteiger partial charge on any atom is -0.496 e. The number of methoxy groups -OCH3 is 1. The number of fused-ring (bicyclic) bond motifs is 1. The number of likely N-dealkylation sites (tertiary alicyclic amines) is 1. The molecule has 1 atom stereocenters. The summed E-state index contributed by atoms with van der Waals surface area (Å²) in [5.74, 6) is 0.966. The summed E-state index contributed by atoms with van der Waals surface area (Å²) in [5.41, 5.74) is 4.36. The number of nitrogens with zero attached hydrogens (tertiary/aromatic N) is 1. The second-order valence-electron chi connectivity index (χ2n) is 10.2. The van der Waals surface area contributed by atoms with Crippen molar-refractivity contribution in [3.63, 3.8) is 0 Å². The highest BCUT2D eigenvalue weighted by Crippen LogP contribution is 2.36. The Bertz CT molecular complexity index is 1240. The second-order valence-corrected chi connectivity index (χ2v) is 10.2. The summed E-state index contributed by atoms with van der Waals surface area (Å²) in [6.07, 6.45) is 3.40. The van der Waals surface area contributed by atoms with Crippen molar-refractivity contribution in [2.75, 3.05) is 33.4 Å². The highest BCUT2D eigenvalue weighted by molar-refractivity contribution is 5.96. The molecule has 2 aromatic carbocycles. The molecule has 1 aromatic heterocycles. The van der Waals surface area contributed by atoms with Crippen molar-refractivity contribution >= 4 is 16.9 Å². The molecule has 2 N–H and O–H groups in total. The number of carbonyl (C=O) groups excluding carboxylic acids is 1. The van der Waals surface area contributed by atoms with Crippen LogP contribution in [0.2, 0.25) is 0 Å². The van der Waals surface area contributed by atoms with Gasteiger partial charge in [0.15, 0.2) is 5.76 Å². The predicted octanol–water partition coefficient (Wildman–Crippen LogP) is 4.45. The van der Waals surface area contributed by atoms with Crippen LogP contribution in [0.25, 0.3) is 11.0 Å². The van der Waals surface area contributed by atoms with E-state index in [0.29, 0.717) is 25.0 Å². The molecule has 0 aliphatic carbocycles. The average Bonchev–Trinajstić information content (AvgIpc) is 3.56. The molecule has 3 heterocycles. The monoisotopic (exact) mass is 492 g/mol. The van der Waals surface area contributed by atoms with Crippen molar-refractivity contribution in [2.24, 2.45) is 0 Å². The van der Waals surface area contributed by atoms with Crippen molar-refractivity contribution < 1.29 is 23.8 Å². The fraction of sp³-hybridized carbons (Fsp3) is 0.483. The first-order valence-corrected chi connectivity index (χ1v) is 12.9. The normalized spacial score (nSPS) is 20.1. The quantitative estimate of drug-likeness (QED) is 0.507. The molecule has 2 aliphatic heterocycles. The molecule has 5 rings (SSSR count). The molecular formula is C29H36N2O5. The zero-order valence-corrected chi connectivity index (χ0v) is 21.4. The van der Waals surface area contributed by atoms with E-state index in [1.807, 2.05) is 24.3 Å². The van der Waals surface area contributed by atoms with Crippen LogP contribution in [-0.2, 0) is 16.9 Å². The van der Waals surface area contributed by atoms with Gasteiger partial charge in [-0.05, 0) is 86.1 Å². The number of hydrogen-bond acceptors (Lipinski definition) is 6. The van der Waals surface area contributed by atoms with Crippen LogP contribution in [0, 0.1) is 13.8 Å². The number of hydrogen-bond donors (Lipinski definition) is 2. The molecule has 0 saturated carbocycles. The van der Waals surface area contributed by atoms with Crippen LogP contribution in [0.3, 0.4) is 0 Å². The Hall–Kier alpha value is -2.87. The minimum absolute atomic E-state index is 0.0858. The van der Waals surface area contributed by atoms with Crippen molar-refractivity contribution in [3.05, 3.63) is 64.4 Å². The van der Waals surface area contributed by atoms with E-state index < -0.39 is 5.60 Å². The molecule has 0 radical (unpaired) electrons. The average molecular weight is 493 g/mol. The van der Waals surface area contributed by atoms with E-state index in [2.05, 4.69) is 30.1 Å². The van der Waals surface area contributed by atoms with Gasteiger partial charge in [-0.2, -0.15) is 0 Å². The Kier molecular flexibility index (Phi) is 7.06. The standard InChI is InChI=1S/C29H36N2O5/c1-19-20(2)25(34-3)8-6-21(19)18-31-12-10-29(33,11-13-31)23-7-9-26-22(15-23)16-27(36-26)28(32)30-17-24-5-4-14-35-24/h6-9,15-16,24,33H,4-5,10-14,17-18H2,1-3H3,(H,30,32). The molecule has 192 valence electrons. The Labute approximate surface area is 212 Å². The summed E-state index contributed by atoms with van der Waals surface area (Å²) in [6.45, 7) is 7.96. The zero-order chi connectivity index (χ0) is 25.3. The maximum Gasteiger partial charge on any atom is 0.287 e. The van der Waals surface area contributed by atoms with Crippen LogP contribution in [0.15, 0.2) is 40.8 Å². The molecule has 2 aliphatic rings. The minimum atomic E-state index is -0.894. The van der Waals surface area contributed by atoms with Gasteiger partial charge in [0.05, 0.1) is 18.8 Å². The molecular weight excluding hydrogens is 456 g/mol. The summed E-state index contributed by atoms with van der Waals surface area (Å²) in [6, 6.07) is 11.7. The topological polar surface area (TPSA) is 84.2 Å². The lowest BCUT2D eigenvalue weighted by molar-refractivity contribution is -0.0276. The molecule has 0 bridgehead atoms. The molecule has 3 aromatic rings.